The molecule has 2 bridgehead atoms. The van der Waals surface area contributed by atoms with Crippen molar-refractivity contribution in [2.45, 2.75) is 31.8 Å². The lowest BCUT2D eigenvalue weighted by Gasteiger charge is -2.34. The van der Waals surface area contributed by atoms with Crippen LogP contribution in [-0.2, 0) is 33.4 Å². The van der Waals surface area contributed by atoms with Crippen molar-refractivity contribution in [3.05, 3.63) is 24.3 Å². The molecule has 11 heteroatoms. The van der Waals surface area contributed by atoms with E-state index in [0.29, 0.717) is 0 Å². The van der Waals surface area contributed by atoms with Crippen LogP contribution in [0.2, 0.25) is 0 Å². The zero-order valence-corrected chi connectivity index (χ0v) is 15.7. The average Bonchev–Trinajstić information content (AvgIpc) is 3.32. The van der Waals surface area contributed by atoms with Gasteiger partial charge in [-0.15, -0.1) is 10.2 Å². The average molecular weight is 403 g/mol. The predicted molar refractivity (Wildman–Crippen MR) is 92.1 cm³/mol. The normalized spacial score (nSPS) is 29.4. The summed E-state index contributed by atoms with van der Waals surface area (Å²) < 4.78 is 21.1. The molecule has 2 fully saturated rings. The number of fused-ring (bicyclic) bond motifs is 5. The number of methoxy groups -OCH3 is 1. The van der Waals surface area contributed by atoms with Crippen molar-refractivity contribution in [2.24, 2.45) is 11.8 Å². The Labute approximate surface area is 164 Å². The van der Waals surface area contributed by atoms with Gasteiger partial charge in [0.1, 0.15) is 0 Å². The molecule has 0 spiro atoms. The Morgan fingerprint density at radius 1 is 1.14 bits per heavy atom. The number of aromatic nitrogens is 2. The number of carbonyl (C=O) groups is 4. The Kier molecular flexibility index (Phi) is 4.34. The van der Waals surface area contributed by atoms with Gasteiger partial charge in [0.2, 0.25) is 17.7 Å². The van der Waals surface area contributed by atoms with Crippen LogP contribution in [0.1, 0.15) is 13.8 Å². The van der Waals surface area contributed by atoms with E-state index >= 15 is 0 Å². The molecule has 3 aliphatic heterocycles. The third kappa shape index (κ3) is 2.77. The minimum absolute atomic E-state index is 0.0290. The standard InChI is InChI=1S/C18H17N3O8/c1-8(22)27-17(28-9(2)23)18-7-6-10(29-18)13-14(18)16(25)21(15(13)24)11-4-5-12(26-3)20-19-11/h4-7,10,13-14,17H,1-3H3/t10-,13-,14-,18-/m1/s1. The second-order valence-corrected chi connectivity index (χ2v) is 6.80. The van der Waals surface area contributed by atoms with Crippen LogP contribution in [0, 0.1) is 11.8 Å². The van der Waals surface area contributed by atoms with Crippen molar-refractivity contribution in [3.63, 3.8) is 0 Å². The topological polar surface area (TPSA) is 134 Å². The Morgan fingerprint density at radius 3 is 2.38 bits per heavy atom. The van der Waals surface area contributed by atoms with Crippen LogP contribution in [0.5, 0.6) is 5.88 Å². The lowest BCUT2D eigenvalue weighted by atomic mass is 9.76. The fourth-order valence-corrected chi connectivity index (χ4v) is 3.98. The molecule has 29 heavy (non-hydrogen) atoms. The maximum atomic E-state index is 13.2. The Morgan fingerprint density at radius 2 is 1.83 bits per heavy atom. The van der Waals surface area contributed by atoms with Crippen molar-refractivity contribution >= 4 is 29.6 Å². The summed E-state index contributed by atoms with van der Waals surface area (Å²) in [4.78, 5) is 50.3. The van der Waals surface area contributed by atoms with Crippen molar-refractivity contribution in [3.8, 4) is 5.88 Å². The van der Waals surface area contributed by atoms with Crippen LogP contribution in [-0.4, -0.2) is 59.1 Å². The van der Waals surface area contributed by atoms with E-state index < -0.39 is 53.6 Å². The molecule has 4 rings (SSSR count). The van der Waals surface area contributed by atoms with E-state index in [-0.39, 0.29) is 11.7 Å². The van der Waals surface area contributed by atoms with Gasteiger partial charge in [-0.1, -0.05) is 6.08 Å². The van der Waals surface area contributed by atoms with Gasteiger partial charge in [-0.25, -0.2) is 4.90 Å². The summed E-state index contributed by atoms with van der Waals surface area (Å²) in [6, 6.07) is 2.90. The van der Waals surface area contributed by atoms with E-state index in [1.54, 1.807) is 6.08 Å². The third-order valence-corrected chi connectivity index (χ3v) is 5.06. The summed E-state index contributed by atoms with van der Waals surface area (Å²) in [5.41, 5.74) is -1.60. The van der Waals surface area contributed by atoms with Crippen molar-refractivity contribution in [2.75, 3.05) is 12.0 Å². The van der Waals surface area contributed by atoms with Crippen LogP contribution in [0.4, 0.5) is 5.82 Å². The fourth-order valence-electron chi connectivity index (χ4n) is 3.98. The number of nitrogens with zero attached hydrogens (tertiary/aromatic N) is 3. The van der Waals surface area contributed by atoms with E-state index in [1.165, 1.54) is 25.3 Å². The highest BCUT2D eigenvalue weighted by atomic mass is 16.7. The molecule has 1 aromatic heterocycles. The van der Waals surface area contributed by atoms with Crippen LogP contribution in [0.25, 0.3) is 0 Å². The zero-order chi connectivity index (χ0) is 20.9. The highest BCUT2D eigenvalue weighted by Gasteiger charge is 2.72. The highest BCUT2D eigenvalue weighted by Crippen LogP contribution is 2.54. The van der Waals surface area contributed by atoms with E-state index in [9.17, 15) is 19.2 Å². The number of hydrogen-bond acceptors (Lipinski definition) is 10. The van der Waals surface area contributed by atoms with E-state index in [0.717, 1.165) is 18.7 Å². The number of imide groups is 1. The van der Waals surface area contributed by atoms with Gasteiger partial charge in [-0.2, -0.15) is 0 Å². The molecular formula is C18H17N3O8. The number of carbonyl (C=O) groups excluding carboxylic acids is 4. The molecule has 4 atom stereocenters. The smallest absolute Gasteiger partial charge is 0.305 e. The number of anilines is 1. The molecule has 0 unspecified atom stereocenters. The summed E-state index contributed by atoms with van der Waals surface area (Å²) >= 11 is 0. The van der Waals surface area contributed by atoms with Gasteiger partial charge in [0.25, 0.3) is 6.29 Å². The summed E-state index contributed by atoms with van der Waals surface area (Å²) in [5, 5.41) is 7.66. The Bertz CT molecular complexity index is 914. The molecule has 152 valence electrons. The summed E-state index contributed by atoms with van der Waals surface area (Å²) in [5.74, 6) is -4.28. The molecule has 4 heterocycles. The molecule has 0 aliphatic carbocycles. The maximum absolute atomic E-state index is 13.2. The molecule has 0 radical (unpaired) electrons. The quantitative estimate of drug-likeness (QED) is 0.280. The molecule has 0 saturated carbocycles. The van der Waals surface area contributed by atoms with Gasteiger partial charge >= 0.3 is 11.9 Å². The van der Waals surface area contributed by atoms with Crippen molar-refractivity contribution in [1.29, 1.82) is 0 Å². The molecule has 3 aliphatic rings. The van der Waals surface area contributed by atoms with Gasteiger partial charge in [-0.05, 0) is 12.1 Å². The lowest BCUT2D eigenvalue weighted by molar-refractivity contribution is -0.226. The van der Waals surface area contributed by atoms with Crippen molar-refractivity contribution < 1.29 is 38.1 Å². The molecular weight excluding hydrogens is 386 g/mol. The first-order valence-electron chi connectivity index (χ1n) is 8.75. The largest absolute Gasteiger partial charge is 0.480 e. The van der Waals surface area contributed by atoms with Crippen LogP contribution in [0.15, 0.2) is 24.3 Å². The molecule has 2 saturated heterocycles. The van der Waals surface area contributed by atoms with E-state index in [4.69, 9.17) is 18.9 Å². The summed E-state index contributed by atoms with van der Waals surface area (Å²) in [6.45, 7) is 2.27. The number of hydrogen-bond donors (Lipinski definition) is 0. The van der Waals surface area contributed by atoms with Crippen LogP contribution in [0.3, 0.4) is 0 Å². The lowest BCUT2D eigenvalue weighted by Crippen LogP contribution is -2.52. The second-order valence-electron chi connectivity index (χ2n) is 6.80. The number of amides is 2. The first-order valence-corrected chi connectivity index (χ1v) is 8.75. The molecule has 0 aromatic carbocycles. The number of rotatable bonds is 5. The first-order chi connectivity index (χ1) is 13.8. The van der Waals surface area contributed by atoms with Crippen LogP contribution < -0.4 is 9.64 Å². The predicted octanol–water partition coefficient (Wildman–Crippen LogP) is -0.250. The minimum Gasteiger partial charge on any atom is -0.480 e. The number of ether oxygens (including phenoxy) is 4. The molecule has 1 aromatic rings. The number of esters is 2. The maximum Gasteiger partial charge on any atom is 0.305 e. The monoisotopic (exact) mass is 403 g/mol. The zero-order valence-electron chi connectivity index (χ0n) is 15.7. The van der Waals surface area contributed by atoms with Gasteiger partial charge in [0, 0.05) is 19.9 Å². The Balaban J connectivity index is 1.72. The Hall–Kier alpha value is -3.34. The fraction of sp³-hybridized carbons (Fsp3) is 0.444. The van der Waals surface area contributed by atoms with Gasteiger partial charge in [-0.3, -0.25) is 19.2 Å². The van der Waals surface area contributed by atoms with Gasteiger partial charge < -0.3 is 18.9 Å². The summed E-state index contributed by atoms with van der Waals surface area (Å²) in [6.07, 6.45) is 0.841. The van der Waals surface area contributed by atoms with Crippen LogP contribution >= 0.6 is 0 Å². The van der Waals surface area contributed by atoms with Gasteiger partial charge in [0.15, 0.2) is 11.4 Å². The minimum atomic E-state index is -1.60. The van der Waals surface area contributed by atoms with E-state index in [2.05, 4.69) is 10.2 Å². The summed E-state index contributed by atoms with van der Waals surface area (Å²) in [7, 11) is 1.41. The van der Waals surface area contributed by atoms with Gasteiger partial charge in [0.05, 0.1) is 25.0 Å². The molecule has 2 amide bonds. The molecule has 0 N–H and O–H groups in total. The van der Waals surface area contributed by atoms with E-state index in [1.807, 2.05) is 0 Å². The van der Waals surface area contributed by atoms with Crippen molar-refractivity contribution in [1.82, 2.24) is 10.2 Å². The second kappa shape index (κ2) is 6.62. The SMILES string of the molecule is COc1ccc(N2C(=O)[C@@H]3[C@H]4C=C[C@@](C(OC(C)=O)OC(C)=O)(O4)[C@H]3C2=O)nn1. The third-order valence-electron chi connectivity index (χ3n) is 5.06. The molecule has 11 nitrogen and oxygen atoms in total. The first kappa shape index (κ1) is 19.0. The highest BCUT2D eigenvalue weighted by molar-refractivity contribution is 6.22.